The van der Waals surface area contributed by atoms with Crippen molar-refractivity contribution >= 4 is 18.3 Å². The molecule has 0 aromatic heterocycles. The zero-order chi connectivity index (χ0) is 19.3. The topological polar surface area (TPSA) is 83.7 Å². The maximum absolute atomic E-state index is 13.0. The number of rotatable bonds is 6. The molecule has 8 heteroatoms. The summed E-state index contributed by atoms with van der Waals surface area (Å²) in [6.07, 6.45) is 2.82. The Morgan fingerprint density at radius 2 is 1.93 bits per heavy atom. The van der Waals surface area contributed by atoms with Crippen LogP contribution < -0.4 is 21.5 Å². The smallest absolute Gasteiger partial charge is 0.239 e. The average Bonchev–Trinajstić information content (AvgIpc) is 3.17. The van der Waals surface area contributed by atoms with Gasteiger partial charge in [0.2, 0.25) is 5.91 Å². The Morgan fingerprint density at radius 3 is 2.69 bits per heavy atom. The summed E-state index contributed by atoms with van der Waals surface area (Å²) in [4.78, 5) is 13.0. The summed E-state index contributed by atoms with van der Waals surface area (Å²) in [6.45, 7) is 5.36. The van der Waals surface area contributed by atoms with Crippen molar-refractivity contribution in [3.63, 3.8) is 0 Å². The lowest BCUT2D eigenvalue weighted by atomic mass is 9.89. The molecule has 3 aliphatic heterocycles. The number of hydrogen-bond acceptors (Lipinski definition) is 6. The zero-order valence-corrected chi connectivity index (χ0v) is 17.8. The number of benzene rings is 1. The largest absolute Gasteiger partial charge is 0.381 e. The molecule has 3 heterocycles. The average molecular weight is 425 g/mol. The minimum Gasteiger partial charge on any atom is -0.381 e. The van der Waals surface area contributed by atoms with Crippen LogP contribution in [-0.2, 0) is 14.3 Å². The van der Waals surface area contributed by atoms with Gasteiger partial charge in [-0.25, -0.2) is 5.43 Å². The van der Waals surface area contributed by atoms with Crippen molar-refractivity contribution in [1.29, 1.82) is 0 Å². The van der Waals surface area contributed by atoms with E-state index in [0.29, 0.717) is 6.04 Å². The van der Waals surface area contributed by atoms with E-state index in [-0.39, 0.29) is 48.5 Å². The summed E-state index contributed by atoms with van der Waals surface area (Å²) >= 11 is 0. The highest BCUT2D eigenvalue weighted by Gasteiger charge is 2.41. The second kappa shape index (κ2) is 10.7. The second-order valence-corrected chi connectivity index (χ2v) is 8.11. The second-order valence-electron chi connectivity index (χ2n) is 8.11. The van der Waals surface area contributed by atoms with Crippen molar-refractivity contribution in [3.05, 3.63) is 35.9 Å². The Labute approximate surface area is 179 Å². The Hall–Kier alpha value is -1.22. The molecule has 1 aromatic carbocycles. The number of ether oxygens (including phenoxy) is 2. The van der Waals surface area contributed by atoms with Crippen LogP contribution in [0, 0.1) is 5.92 Å². The molecule has 0 radical (unpaired) electrons. The molecule has 3 fully saturated rings. The van der Waals surface area contributed by atoms with E-state index in [0.717, 1.165) is 51.1 Å². The third-order valence-corrected chi connectivity index (χ3v) is 6.12. The first kappa shape index (κ1) is 22.5. The summed E-state index contributed by atoms with van der Waals surface area (Å²) < 4.78 is 11.9. The molecule has 5 unspecified atom stereocenters. The molecular weight excluding hydrogens is 392 g/mol. The number of fused-ring (bicyclic) bond motifs is 1. The number of piperidine rings is 1. The first-order valence-corrected chi connectivity index (χ1v) is 10.5. The van der Waals surface area contributed by atoms with Gasteiger partial charge in [-0.3, -0.25) is 10.2 Å². The third-order valence-electron chi connectivity index (χ3n) is 6.12. The Bertz CT molecular complexity index is 644. The molecule has 29 heavy (non-hydrogen) atoms. The lowest BCUT2D eigenvalue weighted by Gasteiger charge is -2.33. The van der Waals surface area contributed by atoms with Crippen molar-refractivity contribution in [2.75, 3.05) is 26.3 Å². The van der Waals surface area contributed by atoms with Crippen molar-refractivity contribution in [3.8, 4) is 0 Å². The van der Waals surface area contributed by atoms with Gasteiger partial charge in [-0.1, -0.05) is 30.3 Å². The van der Waals surface area contributed by atoms with Crippen LogP contribution in [0.4, 0.5) is 0 Å². The molecule has 0 spiro atoms. The summed E-state index contributed by atoms with van der Waals surface area (Å²) in [5.41, 5.74) is 7.59. The van der Waals surface area contributed by atoms with E-state index in [4.69, 9.17) is 9.47 Å². The number of halogens is 1. The standard InChI is InChI=1S/C21H32N4O3.ClH/c1-14(23-21(26)19-17-13-22-10-7-18(17)24-25-19)20(15-5-3-2-4-6-15)28-16-8-11-27-12-9-16;/h2-6,14,16-20,22,24-25H,7-13H2,1H3,(H,23,26);1H. The summed E-state index contributed by atoms with van der Waals surface area (Å²) in [7, 11) is 0. The highest BCUT2D eigenvalue weighted by molar-refractivity contribution is 5.85. The molecule has 0 aliphatic carbocycles. The quantitative estimate of drug-likeness (QED) is 0.551. The number of hydrazine groups is 1. The van der Waals surface area contributed by atoms with Crippen molar-refractivity contribution < 1.29 is 14.3 Å². The fraction of sp³-hybridized carbons (Fsp3) is 0.667. The van der Waals surface area contributed by atoms with Gasteiger partial charge in [0.1, 0.15) is 12.1 Å². The van der Waals surface area contributed by atoms with E-state index in [1.165, 1.54) is 0 Å². The highest BCUT2D eigenvalue weighted by atomic mass is 35.5. The first-order valence-electron chi connectivity index (χ1n) is 10.5. The van der Waals surface area contributed by atoms with E-state index in [2.05, 4.69) is 33.6 Å². The van der Waals surface area contributed by atoms with Crippen LogP contribution in [0.25, 0.3) is 0 Å². The van der Waals surface area contributed by atoms with E-state index in [1.54, 1.807) is 0 Å². The van der Waals surface area contributed by atoms with Crippen LogP contribution in [-0.4, -0.2) is 56.4 Å². The van der Waals surface area contributed by atoms with Crippen LogP contribution in [0.3, 0.4) is 0 Å². The first-order chi connectivity index (χ1) is 13.7. The van der Waals surface area contributed by atoms with Crippen LogP contribution in [0.5, 0.6) is 0 Å². The molecular formula is C21H33ClN4O3. The Kier molecular flexibility index (Phi) is 8.29. The van der Waals surface area contributed by atoms with E-state index >= 15 is 0 Å². The van der Waals surface area contributed by atoms with Gasteiger partial charge in [-0.2, -0.15) is 0 Å². The van der Waals surface area contributed by atoms with Gasteiger partial charge >= 0.3 is 0 Å². The SMILES string of the molecule is CC(NC(=O)C1NNC2CCNCC21)C(OC1CCOCC1)c1ccccc1.Cl. The molecule has 7 nitrogen and oxygen atoms in total. The van der Waals surface area contributed by atoms with Crippen LogP contribution in [0.15, 0.2) is 30.3 Å². The number of nitrogens with one attached hydrogen (secondary N) is 4. The van der Waals surface area contributed by atoms with Crippen LogP contribution in [0.2, 0.25) is 0 Å². The van der Waals surface area contributed by atoms with Gasteiger partial charge in [-0.15, -0.1) is 12.4 Å². The van der Waals surface area contributed by atoms with Crippen molar-refractivity contribution in [1.82, 2.24) is 21.5 Å². The highest BCUT2D eigenvalue weighted by Crippen LogP contribution is 2.27. The van der Waals surface area contributed by atoms with Gasteiger partial charge in [0.15, 0.2) is 0 Å². The Morgan fingerprint density at radius 1 is 1.17 bits per heavy atom. The predicted octanol–water partition coefficient (Wildman–Crippen LogP) is 1.30. The molecule has 5 atom stereocenters. The monoisotopic (exact) mass is 424 g/mol. The summed E-state index contributed by atoms with van der Waals surface area (Å²) in [5, 5.41) is 6.62. The Balaban J connectivity index is 0.00000240. The number of carbonyl (C=O) groups is 1. The minimum absolute atomic E-state index is 0. The molecule has 0 bridgehead atoms. The van der Waals surface area contributed by atoms with Crippen LogP contribution in [0.1, 0.15) is 37.9 Å². The fourth-order valence-corrected chi connectivity index (χ4v) is 4.51. The zero-order valence-electron chi connectivity index (χ0n) is 16.9. The van der Waals surface area contributed by atoms with Gasteiger partial charge in [0.25, 0.3) is 0 Å². The molecule has 162 valence electrons. The van der Waals surface area contributed by atoms with Crippen LogP contribution >= 0.6 is 12.4 Å². The summed E-state index contributed by atoms with van der Waals surface area (Å²) in [5.74, 6) is 0.306. The molecule has 0 saturated carbocycles. The number of hydrogen-bond donors (Lipinski definition) is 4. The van der Waals surface area contributed by atoms with Gasteiger partial charge in [0, 0.05) is 31.7 Å². The van der Waals surface area contributed by atoms with E-state index in [1.807, 2.05) is 25.1 Å². The number of amides is 1. The number of carbonyl (C=O) groups excluding carboxylic acids is 1. The molecule has 3 saturated heterocycles. The lowest BCUT2D eigenvalue weighted by molar-refractivity contribution is -0.127. The lowest BCUT2D eigenvalue weighted by Crippen LogP contribution is -2.52. The maximum atomic E-state index is 13.0. The molecule has 4 N–H and O–H groups in total. The molecule has 1 aromatic rings. The molecule has 3 aliphatic rings. The van der Waals surface area contributed by atoms with E-state index in [9.17, 15) is 4.79 Å². The van der Waals surface area contributed by atoms with Gasteiger partial charge < -0.3 is 20.1 Å². The van der Waals surface area contributed by atoms with Crippen molar-refractivity contribution in [2.24, 2.45) is 5.92 Å². The minimum atomic E-state index is -0.222. The third kappa shape index (κ3) is 5.48. The fourth-order valence-electron chi connectivity index (χ4n) is 4.51. The molecule has 1 amide bonds. The normalized spacial score (nSPS) is 29.3. The van der Waals surface area contributed by atoms with Crippen molar-refractivity contribution in [2.45, 2.75) is 56.5 Å². The van der Waals surface area contributed by atoms with Gasteiger partial charge in [0.05, 0.1) is 12.1 Å². The predicted molar refractivity (Wildman–Crippen MR) is 114 cm³/mol. The van der Waals surface area contributed by atoms with E-state index < -0.39 is 0 Å². The maximum Gasteiger partial charge on any atom is 0.239 e. The van der Waals surface area contributed by atoms with Gasteiger partial charge in [-0.05, 0) is 38.3 Å². The summed E-state index contributed by atoms with van der Waals surface area (Å²) in [6, 6.07) is 10.2. The molecule has 4 rings (SSSR count).